The number of benzene rings is 2. The van der Waals surface area contributed by atoms with Crippen molar-refractivity contribution in [2.24, 2.45) is 0 Å². The van der Waals surface area contributed by atoms with Crippen molar-refractivity contribution in [3.05, 3.63) is 84.9 Å². The minimum atomic E-state index is -0.276. The number of carbonyl (C=O) groups is 1. The number of anilines is 1. The van der Waals surface area contributed by atoms with Crippen molar-refractivity contribution in [1.29, 1.82) is 0 Å². The third kappa shape index (κ3) is 3.07. The van der Waals surface area contributed by atoms with Crippen LogP contribution in [0.3, 0.4) is 0 Å². The van der Waals surface area contributed by atoms with Crippen LogP contribution in [0.15, 0.2) is 83.7 Å². The van der Waals surface area contributed by atoms with E-state index in [4.69, 9.17) is 4.42 Å². The molecule has 0 aliphatic carbocycles. The summed E-state index contributed by atoms with van der Waals surface area (Å²) in [5, 5.41) is 2.71. The molecule has 0 saturated heterocycles. The Morgan fingerprint density at radius 1 is 0.920 bits per heavy atom. The van der Waals surface area contributed by atoms with Crippen molar-refractivity contribution in [3.63, 3.8) is 0 Å². The molecule has 0 aliphatic heterocycles. The van der Waals surface area contributed by atoms with Gasteiger partial charge in [-0.1, -0.05) is 60.7 Å². The number of carbonyl (C=O) groups excluding carboxylic acids is 1. The van der Waals surface area contributed by atoms with E-state index in [2.05, 4.69) is 15.3 Å². The number of hydrogen-bond acceptors (Lipinski definition) is 3. The van der Waals surface area contributed by atoms with Crippen molar-refractivity contribution < 1.29 is 9.21 Å². The second-order valence-electron chi connectivity index (χ2n) is 5.51. The number of amides is 1. The van der Waals surface area contributed by atoms with Gasteiger partial charge in [0, 0.05) is 23.5 Å². The average Bonchev–Trinajstić information content (AvgIpc) is 3.33. The number of oxazole rings is 1. The molecule has 0 aliphatic rings. The molecule has 0 bridgehead atoms. The highest BCUT2D eigenvalue weighted by molar-refractivity contribution is 6.07. The first-order chi connectivity index (χ1) is 12.3. The summed E-state index contributed by atoms with van der Waals surface area (Å²) in [5.41, 5.74) is 3.93. The Morgan fingerprint density at radius 3 is 2.32 bits per heavy atom. The molecule has 4 aromatic rings. The Morgan fingerprint density at radius 2 is 1.60 bits per heavy atom. The summed E-state index contributed by atoms with van der Waals surface area (Å²) in [4.78, 5) is 19.9. The van der Waals surface area contributed by atoms with Crippen LogP contribution in [-0.2, 0) is 0 Å². The zero-order valence-corrected chi connectivity index (χ0v) is 13.3. The molecule has 2 N–H and O–H groups in total. The van der Waals surface area contributed by atoms with E-state index in [0.717, 1.165) is 16.7 Å². The lowest BCUT2D eigenvalue weighted by molar-refractivity contribution is 0.102. The molecule has 0 unspecified atom stereocenters. The lowest BCUT2D eigenvalue weighted by Crippen LogP contribution is -2.12. The Balaban J connectivity index is 1.56. The highest BCUT2D eigenvalue weighted by Crippen LogP contribution is 2.25. The predicted octanol–water partition coefficient (Wildman–Crippen LogP) is 4.59. The molecule has 1 amide bonds. The van der Waals surface area contributed by atoms with Crippen molar-refractivity contribution in [3.8, 4) is 22.4 Å². The molecule has 25 heavy (non-hydrogen) atoms. The Kier molecular flexibility index (Phi) is 3.88. The van der Waals surface area contributed by atoms with Gasteiger partial charge in [-0.05, 0) is 5.56 Å². The molecule has 0 fully saturated rings. The van der Waals surface area contributed by atoms with Gasteiger partial charge in [-0.15, -0.1) is 0 Å². The maximum atomic E-state index is 12.6. The number of aromatic amines is 1. The van der Waals surface area contributed by atoms with Gasteiger partial charge in [0.1, 0.15) is 12.0 Å². The number of nitrogens with one attached hydrogen (secondary N) is 2. The lowest BCUT2D eigenvalue weighted by Gasteiger charge is -2.03. The van der Waals surface area contributed by atoms with Crippen LogP contribution < -0.4 is 5.32 Å². The molecule has 2 aromatic heterocycles. The van der Waals surface area contributed by atoms with E-state index in [1.807, 2.05) is 60.7 Å². The van der Waals surface area contributed by atoms with Gasteiger partial charge in [0.25, 0.3) is 5.91 Å². The number of nitrogens with zero attached hydrogens (tertiary/aromatic N) is 1. The second kappa shape index (κ2) is 6.49. The van der Waals surface area contributed by atoms with E-state index < -0.39 is 0 Å². The predicted molar refractivity (Wildman–Crippen MR) is 96.1 cm³/mol. The number of rotatable bonds is 4. The second-order valence-corrected chi connectivity index (χ2v) is 5.51. The normalized spacial score (nSPS) is 10.6. The molecule has 2 aromatic carbocycles. The standard InChI is InChI=1S/C20H15N3O2/c24-19(17-12-21-11-16(17)14-7-3-1-4-8-14)23-20-22-18(13-25-20)15-9-5-2-6-10-15/h1-13,21H,(H,22,23,24). The number of hydrogen-bond donors (Lipinski definition) is 2. The highest BCUT2D eigenvalue weighted by atomic mass is 16.4. The SMILES string of the molecule is O=C(Nc1nc(-c2ccccc2)co1)c1c[nH]cc1-c1ccccc1. The van der Waals surface area contributed by atoms with Crippen molar-refractivity contribution in [2.75, 3.05) is 5.32 Å². The first-order valence-electron chi connectivity index (χ1n) is 7.86. The van der Waals surface area contributed by atoms with Gasteiger partial charge < -0.3 is 9.40 Å². The van der Waals surface area contributed by atoms with Gasteiger partial charge in [0.2, 0.25) is 0 Å². The molecule has 0 spiro atoms. The van der Waals surface area contributed by atoms with Crippen LogP contribution in [-0.4, -0.2) is 15.9 Å². The minimum absolute atomic E-state index is 0.170. The Bertz CT molecular complexity index is 988. The van der Waals surface area contributed by atoms with Gasteiger partial charge >= 0.3 is 6.01 Å². The van der Waals surface area contributed by atoms with E-state index in [0.29, 0.717) is 11.3 Å². The van der Waals surface area contributed by atoms with Gasteiger partial charge in [-0.25, -0.2) is 0 Å². The quantitative estimate of drug-likeness (QED) is 0.575. The highest BCUT2D eigenvalue weighted by Gasteiger charge is 2.16. The monoisotopic (exact) mass is 329 g/mol. The molecule has 0 saturated carbocycles. The first-order valence-corrected chi connectivity index (χ1v) is 7.86. The molecular formula is C20H15N3O2. The topological polar surface area (TPSA) is 70.9 Å². The molecule has 0 radical (unpaired) electrons. The zero-order valence-electron chi connectivity index (χ0n) is 13.3. The summed E-state index contributed by atoms with van der Waals surface area (Å²) in [7, 11) is 0. The summed E-state index contributed by atoms with van der Waals surface area (Å²) in [6, 6.07) is 19.5. The van der Waals surface area contributed by atoms with Crippen molar-refractivity contribution >= 4 is 11.9 Å². The maximum absolute atomic E-state index is 12.6. The average molecular weight is 329 g/mol. The van der Waals surface area contributed by atoms with Crippen molar-refractivity contribution in [2.45, 2.75) is 0 Å². The van der Waals surface area contributed by atoms with Crippen LogP contribution in [0, 0.1) is 0 Å². The molecule has 5 heteroatoms. The van der Waals surface area contributed by atoms with E-state index >= 15 is 0 Å². The summed E-state index contributed by atoms with van der Waals surface area (Å²) in [6.07, 6.45) is 4.99. The van der Waals surface area contributed by atoms with Crippen molar-refractivity contribution in [1.82, 2.24) is 9.97 Å². The van der Waals surface area contributed by atoms with E-state index in [1.165, 1.54) is 6.26 Å². The summed E-state index contributed by atoms with van der Waals surface area (Å²) in [6.45, 7) is 0. The molecule has 122 valence electrons. The third-order valence-electron chi connectivity index (χ3n) is 3.87. The van der Waals surface area contributed by atoms with Crippen LogP contribution in [0.25, 0.3) is 22.4 Å². The molecular weight excluding hydrogens is 314 g/mol. The van der Waals surface area contributed by atoms with Gasteiger partial charge in [0.05, 0.1) is 5.56 Å². The first kappa shape index (κ1) is 15.0. The Labute approximate surface area is 144 Å². The largest absolute Gasteiger partial charge is 0.431 e. The molecule has 0 atom stereocenters. The molecule has 2 heterocycles. The zero-order chi connectivity index (χ0) is 17.1. The van der Waals surface area contributed by atoms with E-state index in [1.54, 1.807) is 12.4 Å². The number of H-pyrrole nitrogens is 1. The minimum Gasteiger partial charge on any atom is -0.431 e. The molecule has 4 rings (SSSR count). The lowest BCUT2D eigenvalue weighted by atomic mass is 10.0. The molecule has 5 nitrogen and oxygen atoms in total. The fourth-order valence-corrected chi connectivity index (χ4v) is 2.65. The van der Waals surface area contributed by atoms with Gasteiger partial charge in [-0.2, -0.15) is 4.98 Å². The smallest absolute Gasteiger partial charge is 0.302 e. The van der Waals surface area contributed by atoms with Crippen LogP contribution >= 0.6 is 0 Å². The van der Waals surface area contributed by atoms with Crippen LogP contribution in [0.5, 0.6) is 0 Å². The van der Waals surface area contributed by atoms with Crippen LogP contribution in [0.4, 0.5) is 6.01 Å². The summed E-state index contributed by atoms with van der Waals surface area (Å²) >= 11 is 0. The third-order valence-corrected chi connectivity index (χ3v) is 3.87. The van der Waals surface area contributed by atoms with Crippen LogP contribution in [0.1, 0.15) is 10.4 Å². The fraction of sp³-hybridized carbons (Fsp3) is 0. The maximum Gasteiger partial charge on any atom is 0.302 e. The Hall–Kier alpha value is -3.60. The van der Waals surface area contributed by atoms with E-state index in [-0.39, 0.29) is 11.9 Å². The van der Waals surface area contributed by atoms with Gasteiger partial charge in [0.15, 0.2) is 0 Å². The van der Waals surface area contributed by atoms with E-state index in [9.17, 15) is 4.79 Å². The number of aromatic nitrogens is 2. The summed E-state index contributed by atoms with van der Waals surface area (Å²) in [5.74, 6) is -0.276. The summed E-state index contributed by atoms with van der Waals surface area (Å²) < 4.78 is 5.38. The fourth-order valence-electron chi connectivity index (χ4n) is 2.65. The van der Waals surface area contributed by atoms with Crippen LogP contribution in [0.2, 0.25) is 0 Å². The van der Waals surface area contributed by atoms with Gasteiger partial charge in [-0.3, -0.25) is 10.1 Å².